The zero-order valence-electron chi connectivity index (χ0n) is 15.6. The maximum absolute atomic E-state index is 13.2. The summed E-state index contributed by atoms with van der Waals surface area (Å²) in [5, 5.41) is 17.4. The molecular weight excluding hydrogens is 363 g/mol. The van der Waals surface area contributed by atoms with Crippen molar-refractivity contribution in [3.05, 3.63) is 52.0 Å². The minimum Gasteiger partial charge on any atom is -0.364 e. The number of benzene rings is 1. The molecule has 28 heavy (non-hydrogen) atoms. The van der Waals surface area contributed by atoms with E-state index in [1.807, 2.05) is 6.07 Å². The molecule has 150 valence electrons. The summed E-state index contributed by atoms with van der Waals surface area (Å²) in [5.74, 6) is 0.663. The molecule has 0 bridgehead atoms. The molecule has 1 aromatic heterocycles. The first-order chi connectivity index (χ1) is 13.5. The van der Waals surface area contributed by atoms with Crippen molar-refractivity contribution >= 4 is 17.5 Å². The highest BCUT2D eigenvalue weighted by Crippen LogP contribution is 2.26. The third-order valence-electron chi connectivity index (χ3n) is 5.00. The monoisotopic (exact) mass is 388 g/mol. The molecular formula is C19H25FN6O2. The van der Waals surface area contributed by atoms with Crippen LogP contribution >= 0.6 is 0 Å². The van der Waals surface area contributed by atoms with Crippen molar-refractivity contribution in [2.75, 3.05) is 23.7 Å². The zero-order valence-corrected chi connectivity index (χ0v) is 15.6. The Morgan fingerprint density at radius 3 is 2.75 bits per heavy atom. The summed E-state index contributed by atoms with van der Waals surface area (Å²) in [5.41, 5.74) is 6.63. The number of nitrogens with zero attached hydrogens (tertiary/aromatic N) is 3. The molecule has 1 fully saturated rings. The quantitative estimate of drug-likeness (QED) is 0.469. The number of hydrogen-bond donors (Lipinski definition) is 3. The minimum atomic E-state index is -0.490. The van der Waals surface area contributed by atoms with Gasteiger partial charge in [-0.2, -0.15) is 4.98 Å². The van der Waals surface area contributed by atoms with E-state index in [0.717, 1.165) is 31.2 Å². The Bertz CT molecular complexity index is 811. The second-order valence-electron chi connectivity index (χ2n) is 7.15. The van der Waals surface area contributed by atoms with E-state index in [-0.39, 0.29) is 23.4 Å². The Hall–Kier alpha value is -2.81. The number of anilines is 2. The lowest BCUT2D eigenvalue weighted by molar-refractivity contribution is -0.384. The number of halogens is 1. The lowest BCUT2D eigenvalue weighted by Gasteiger charge is -2.26. The molecule has 9 heteroatoms. The molecule has 2 aromatic rings. The van der Waals surface area contributed by atoms with Crippen LogP contribution in [0.5, 0.6) is 0 Å². The highest BCUT2D eigenvalue weighted by molar-refractivity contribution is 5.57. The number of rotatable bonds is 8. The summed E-state index contributed by atoms with van der Waals surface area (Å²) in [4.78, 5) is 19.1. The molecule has 0 amide bonds. The molecule has 1 aliphatic carbocycles. The van der Waals surface area contributed by atoms with Gasteiger partial charge in [0.05, 0.1) is 4.92 Å². The summed E-state index contributed by atoms with van der Waals surface area (Å²) < 4.78 is 13.2. The van der Waals surface area contributed by atoms with Crippen LogP contribution in [-0.4, -0.2) is 34.0 Å². The number of aromatic nitrogens is 2. The number of nitrogens with one attached hydrogen (secondary N) is 2. The van der Waals surface area contributed by atoms with Crippen LogP contribution in [0, 0.1) is 21.8 Å². The zero-order chi connectivity index (χ0) is 19.9. The van der Waals surface area contributed by atoms with Crippen LogP contribution < -0.4 is 16.4 Å². The van der Waals surface area contributed by atoms with Gasteiger partial charge in [0, 0.05) is 19.1 Å². The second kappa shape index (κ2) is 9.41. The molecule has 0 atom stereocenters. The van der Waals surface area contributed by atoms with Crippen molar-refractivity contribution in [3.63, 3.8) is 0 Å². The molecule has 3 rings (SSSR count). The molecule has 0 unspecified atom stereocenters. The topological polar surface area (TPSA) is 119 Å². The Balaban J connectivity index is 1.59. The van der Waals surface area contributed by atoms with E-state index in [4.69, 9.17) is 5.73 Å². The van der Waals surface area contributed by atoms with Crippen molar-refractivity contribution in [1.82, 2.24) is 9.97 Å². The number of nitro groups is 1. The van der Waals surface area contributed by atoms with Gasteiger partial charge >= 0.3 is 5.69 Å². The van der Waals surface area contributed by atoms with Crippen molar-refractivity contribution in [2.24, 2.45) is 11.7 Å². The van der Waals surface area contributed by atoms with Gasteiger partial charge in [0.2, 0.25) is 11.8 Å². The average Bonchev–Trinajstić information content (AvgIpc) is 2.67. The summed E-state index contributed by atoms with van der Waals surface area (Å²) in [6.07, 6.45) is 5.76. The summed E-state index contributed by atoms with van der Waals surface area (Å²) >= 11 is 0. The van der Waals surface area contributed by atoms with E-state index in [9.17, 15) is 14.5 Å². The largest absolute Gasteiger partial charge is 0.364 e. The van der Waals surface area contributed by atoms with Crippen molar-refractivity contribution in [2.45, 2.75) is 38.1 Å². The van der Waals surface area contributed by atoms with Gasteiger partial charge in [-0.25, -0.2) is 9.37 Å². The first-order valence-electron chi connectivity index (χ1n) is 9.50. The maximum Gasteiger partial charge on any atom is 0.329 e. The summed E-state index contributed by atoms with van der Waals surface area (Å²) in [6, 6.07) is 6.63. The van der Waals surface area contributed by atoms with Crippen LogP contribution in [-0.2, 0) is 6.42 Å². The maximum atomic E-state index is 13.2. The first kappa shape index (κ1) is 19.9. The van der Waals surface area contributed by atoms with Gasteiger partial charge in [-0.1, -0.05) is 12.1 Å². The molecule has 0 spiro atoms. The molecule has 1 aliphatic rings. The Morgan fingerprint density at radius 2 is 2.04 bits per heavy atom. The molecule has 1 saturated carbocycles. The molecule has 0 saturated heterocycles. The van der Waals surface area contributed by atoms with Crippen molar-refractivity contribution < 1.29 is 9.31 Å². The van der Waals surface area contributed by atoms with Gasteiger partial charge in [-0.3, -0.25) is 10.1 Å². The smallest absolute Gasteiger partial charge is 0.329 e. The second-order valence-corrected chi connectivity index (χ2v) is 7.15. The molecule has 1 heterocycles. The summed E-state index contributed by atoms with van der Waals surface area (Å²) in [6.45, 7) is 1.11. The number of hydrogen-bond acceptors (Lipinski definition) is 7. The van der Waals surface area contributed by atoms with Gasteiger partial charge in [-0.05, 0) is 55.7 Å². The van der Waals surface area contributed by atoms with Crippen LogP contribution in [0.2, 0.25) is 0 Å². The fourth-order valence-corrected chi connectivity index (χ4v) is 3.37. The highest BCUT2D eigenvalue weighted by atomic mass is 19.1. The first-order valence-corrected chi connectivity index (χ1v) is 9.50. The lowest BCUT2D eigenvalue weighted by Crippen LogP contribution is -2.29. The fourth-order valence-electron chi connectivity index (χ4n) is 3.37. The molecule has 4 N–H and O–H groups in total. The minimum absolute atomic E-state index is 0.150. The third kappa shape index (κ3) is 5.59. The highest BCUT2D eigenvalue weighted by Gasteiger charge is 2.21. The van der Waals surface area contributed by atoms with E-state index >= 15 is 0 Å². The van der Waals surface area contributed by atoms with Crippen molar-refractivity contribution in [3.8, 4) is 0 Å². The average molecular weight is 388 g/mol. The van der Waals surface area contributed by atoms with Gasteiger partial charge < -0.3 is 16.4 Å². The molecule has 0 aliphatic heterocycles. The van der Waals surface area contributed by atoms with Gasteiger partial charge in [-0.15, -0.1) is 0 Å². The van der Waals surface area contributed by atoms with Crippen LogP contribution in [0.15, 0.2) is 30.5 Å². The van der Waals surface area contributed by atoms with Crippen LogP contribution in [0.4, 0.5) is 21.8 Å². The number of nitrogens with two attached hydrogens (primary N) is 1. The Kier molecular flexibility index (Phi) is 6.70. The third-order valence-corrected chi connectivity index (χ3v) is 5.00. The van der Waals surface area contributed by atoms with E-state index < -0.39 is 4.92 Å². The predicted molar refractivity (Wildman–Crippen MR) is 106 cm³/mol. The Morgan fingerprint density at radius 1 is 1.25 bits per heavy atom. The van der Waals surface area contributed by atoms with E-state index in [1.165, 1.54) is 18.3 Å². The van der Waals surface area contributed by atoms with Gasteiger partial charge in [0.15, 0.2) is 0 Å². The standard InChI is InChI=1S/C19H25FN6O2/c20-15-3-1-2-13(10-15)8-9-22-19-24-12-17(26(27)28)18(25-19)23-11-14-4-6-16(21)7-5-14/h1-3,10,12,14,16H,4-9,11,21H2,(H2,22,23,24,25). The molecule has 0 radical (unpaired) electrons. The van der Waals surface area contributed by atoms with Gasteiger partial charge in [0.1, 0.15) is 12.0 Å². The molecule has 1 aromatic carbocycles. The lowest BCUT2D eigenvalue weighted by atomic mass is 9.86. The van der Waals surface area contributed by atoms with Crippen molar-refractivity contribution in [1.29, 1.82) is 0 Å². The predicted octanol–water partition coefficient (Wildman–Crippen LogP) is 3.11. The van der Waals surface area contributed by atoms with Gasteiger partial charge in [0.25, 0.3) is 0 Å². The summed E-state index contributed by atoms with van der Waals surface area (Å²) in [7, 11) is 0. The SMILES string of the molecule is NC1CCC(CNc2nc(NCCc3cccc(F)c3)ncc2[N+](=O)[O-])CC1. The molecule has 8 nitrogen and oxygen atoms in total. The van der Waals surface area contributed by atoms with Crippen LogP contribution in [0.1, 0.15) is 31.2 Å². The van der Waals surface area contributed by atoms with E-state index in [0.29, 0.717) is 31.4 Å². The fraction of sp³-hybridized carbons (Fsp3) is 0.474. The Labute approximate surface area is 162 Å². The van der Waals surface area contributed by atoms with E-state index in [2.05, 4.69) is 20.6 Å². The van der Waals surface area contributed by atoms with Crippen LogP contribution in [0.3, 0.4) is 0 Å². The van der Waals surface area contributed by atoms with Crippen LogP contribution in [0.25, 0.3) is 0 Å². The van der Waals surface area contributed by atoms with E-state index in [1.54, 1.807) is 6.07 Å². The normalized spacial score (nSPS) is 19.2.